The van der Waals surface area contributed by atoms with Crippen molar-refractivity contribution in [1.82, 2.24) is 23.9 Å². The molecule has 0 amide bonds. The number of carbonyl (C=O) groups is 1. The largest absolute Gasteiger partial charge is 0.469 e. The van der Waals surface area contributed by atoms with Gasteiger partial charge in [-0.1, -0.05) is 42.1 Å². The molecule has 176 valence electrons. The van der Waals surface area contributed by atoms with Crippen LogP contribution in [0.5, 0.6) is 0 Å². The Balaban J connectivity index is 1.73. The van der Waals surface area contributed by atoms with Gasteiger partial charge in [-0.05, 0) is 25.5 Å². The number of thioether (sulfide) groups is 1. The van der Waals surface area contributed by atoms with E-state index < -0.39 is 22.3 Å². The number of nitrogen functional groups attached to an aromatic ring is 1. The molecule has 0 fully saturated rings. The molecule has 0 saturated heterocycles. The first-order valence-corrected chi connectivity index (χ1v) is 11.4. The highest BCUT2D eigenvalue weighted by Gasteiger charge is 2.28. The molecule has 0 saturated carbocycles. The molecule has 2 N–H and O–H groups in total. The molecule has 4 aromatic rings. The van der Waals surface area contributed by atoms with Crippen LogP contribution in [0.4, 0.5) is 5.82 Å². The molecule has 0 radical (unpaired) electrons. The standard InChI is InChI=1S/C23H24N6O4S/c1-13-16(10-11-33-13)20-25-26-22(29(20)12-15-8-6-5-7-9-15)34-14(2)18(30)17-19(24)27(3)23(32)28(4)21(17)31/h5-11,14H,12,24H2,1-4H3. The Morgan fingerprint density at radius 3 is 2.47 bits per heavy atom. The number of aryl methyl sites for hydroxylation is 1. The number of aromatic nitrogens is 5. The number of ketones is 1. The molecule has 0 aliphatic carbocycles. The highest BCUT2D eigenvalue weighted by atomic mass is 32.2. The van der Waals surface area contributed by atoms with Gasteiger partial charge in [0.1, 0.15) is 17.1 Å². The third-order valence-electron chi connectivity index (χ3n) is 5.61. The molecule has 34 heavy (non-hydrogen) atoms. The van der Waals surface area contributed by atoms with Crippen LogP contribution in [0.15, 0.2) is 61.8 Å². The number of rotatable bonds is 7. The highest BCUT2D eigenvalue weighted by molar-refractivity contribution is 8.00. The second-order valence-electron chi connectivity index (χ2n) is 7.86. The minimum absolute atomic E-state index is 0.161. The van der Waals surface area contributed by atoms with Crippen LogP contribution in [0, 0.1) is 6.92 Å². The molecule has 0 spiro atoms. The second kappa shape index (κ2) is 9.18. The topological polar surface area (TPSA) is 131 Å². The monoisotopic (exact) mass is 480 g/mol. The van der Waals surface area contributed by atoms with Gasteiger partial charge in [0.25, 0.3) is 5.56 Å². The van der Waals surface area contributed by atoms with Gasteiger partial charge in [0, 0.05) is 14.1 Å². The third-order valence-corrected chi connectivity index (χ3v) is 6.69. The predicted octanol–water partition coefficient (Wildman–Crippen LogP) is 2.24. The molecule has 1 atom stereocenters. The van der Waals surface area contributed by atoms with Crippen LogP contribution in [0.3, 0.4) is 0 Å². The molecule has 11 heteroatoms. The smallest absolute Gasteiger partial charge is 0.332 e. The van der Waals surface area contributed by atoms with Gasteiger partial charge in [-0.25, -0.2) is 4.79 Å². The highest BCUT2D eigenvalue weighted by Crippen LogP contribution is 2.31. The second-order valence-corrected chi connectivity index (χ2v) is 9.17. The number of furan rings is 1. The van der Waals surface area contributed by atoms with Gasteiger partial charge in [-0.15, -0.1) is 10.2 Å². The fourth-order valence-electron chi connectivity index (χ4n) is 3.61. The first-order chi connectivity index (χ1) is 16.2. The van der Waals surface area contributed by atoms with E-state index in [2.05, 4.69) is 10.2 Å². The summed E-state index contributed by atoms with van der Waals surface area (Å²) in [5.41, 5.74) is 6.27. The van der Waals surface area contributed by atoms with Gasteiger partial charge in [-0.2, -0.15) is 0 Å². The van der Waals surface area contributed by atoms with Crippen molar-refractivity contribution >= 4 is 23.4 Å². The van der Waals surface area contributed by atoms with E-state index in [1.807, 2.05) is 47.9 Å². The molecule has 10 nitrogen and oxygen atoms in total. The molecule has 1 unspecified atom stereocenters. The van der Waals surface area contributed by atoms with Crippen LogP contribution >= 0.6 is 11.8 Å². The fraction of sp³-hybridized carbons (Fsp3) is 0.261. The number of hydrogen-bond acceptors (Lipinski definition) is 8. The van der Waals surface area contributed by atoms with Crippen LogP contribution in [0.1, 0.15) is 28.6 Å². The fourth-order valence-corrected chi connectivity index (χ4v) is 4.51. The van der Waals surface area contributed by atoms with E-state index in [1.165, 1.54) is 25.9 Å². The molecular formula is C23H24N6O4S. The summed E-state index contributed by atoms with van der Waals surface area (Å²) in [5.74, 6) is 0.652. The van der Waals surface area contributed by atoms with Crippen molar-refractivity contribution < 1.29 is 9.21 Å². The van der Waals surface area contributed by atoms with Crippen LogP contribution in [0.2, 0.25) is 0 Å². The Morgan fingerprint density at radius 2 is 1.82 bits per heavy atom. The summed E-state index contributed by atoms with van der Waals surface area (Å²) in [6.07, 6.45) is 1.59. The number of Topliss-reactive ketones (excluding diaryl/α,β-unsaturated/α-hetero) is 1. The van der Waals surface area contributed by atoms with Crippen LogP contribution in [0.25, 0.3) is 11.4 Å². The average Bonchev–Trinajstić information content (AvgIpc) is 3.42. The molecular weight excluding hydrogens is 456 g/mol. The average molecular weight is 481 g/mol. The van der Waals surface area contributed by atoms with E-state index >= 15 is 0 Å². The lowest BCUT2D eigenvalue weighted by atomic mass is 10.1. The van der Waals surface area contributed by atoms with E-state index in [1.54, 1.807) is 13.2 Å². The zero-order valence-electron chi connectivity index (χ0n) is 19.2. The first kappa shape index (κ1) is 23.3. The minimum Gasteiger partial charge on any atom is -0.469 e. The van der Waals surface area contributed by atoms with Crippen molar-refractivity contribution in [2.24, 2.45) is 14.1 Å². The Hall–Kier alpha value is -3.86. The van der Waals surface area contributed by atoms with Crippen molar-refractivity contribution in [3.05, 3.63) is 80.4 Å². The summed E-state index contributed by atoms with van der Waals surface area (Å²) < 4.78 is 9.32. The lowest BCUT2D eigenvalue weighted by Gasteiger charge is -2.15. The zero-order valence-corrected chi connectivity index (χ0v) is 20.0. The Bertz CT molecular complexity index is 1480. The summed E-state index contributed by atoms with van der Waals surface area (Å²) >= 11 is 1.17. The molecule has 3 aromatic heterocycles. The van der Waals surface area contributed by atoms with Crippen LogP contribution in [-0.4, -0.2) is 34.9 Å². The summed E-state index contributed by atoms with van der Waals surface area (Å²) in [5, 5.41) is 8.47. The maximum Gasteiger partial charge on any atom is 0.332 e. The third kappa shape index (κ3) is 4.10. The number of anilines is 1. The number of nitrogens with zero attached hydrogens (tertiary/aromatic N) is 5. The van der Waals surface area contributed by atoms with Gasteiger partial charge in [0.2, 0.25) is 0 Å². The first-order valence-electron chi connectivity index (χ1n) is 10.5. The molecule has 4 rings (SSSR count). The van der Waals surface area contributed by atoms with Gasteiger partial charge < -0.3 is 10.2 Å². The number of nitrogens with two attached hydrogens (primary N) is 1. The zero-order chi connectivity index (χ0) is 24.6. The van der Waals surface area contributed by atoms with E-state index in [0.29, 0.717) is 23.3 Å². The van der Waals surface area contributed by atoms with Gasteiger partial charge in [-0.3, -0.25) is 23.3 Å². The van der Waals surface area contributed by atoms with Gasteiger partial charge in [0.05, 0.1) is 23.6 Å². The SMILES string of the molecule is Cc1occc1-c1nnc(SC(C)C(=O)c2c(N)n(C)c(=O)n(C)c2=O)n1Cc1ccccc1. The quantitative estimate of drug-likeness (QED) is 0.315. The molecule has 3 heterocycles. The van der Waals surface area contributed by atoms with Crippen LogP contribution < -0.4 is 17.0 Å². The summed E-state index contributed by atoms with van der Waals surface area (Å²) in [4.78, 5) is 38.0. The Morgan fingerprint density at radius 1 is 1.12 bits per heavy atom. The lowest BCUT2D eigenvalue weighted by Crippen LogP contribution is -2.42. The Labute approximate surface area is 199 Å². The number of benzene rings is 1. The molecule has 0 aliphatic heterocycles. The van der Waals surface area contributed by atoms with Crippen molar-refractivity contribution in [1.29, 1.82) is 0 Å². The van der Waals surface area contributed by atoms with Crippen LogP contribution in [-0.2, 0) is 20.6 Å². The number of hydrogen-bond donors (Lipinski definition) is 1. The number of carbonyl (C=O) groups excluding carboxylic acids is 1. The summed E-state index contributed by atoms with van der Waals surface area (Å²) in [6, 6.07) is 11.6. The van der Waals surface area contributed by atoms with Crippen molar-refractivity contribution in [3.8, 4) is 11.4 Å². The van der Waals surface area contributed by atoms with Gasteiger partial charge >= 0.3 is 5.69 Å². The van der Waals surface area contributed by atoms with Gasteiger partial charge in [0.15, 0.2) is 16.8 Å². The maximum atomic E-state index is 13.3. The van der Waals surface area contributed by atoms with E-state index in [9.17, 15) is 14.4 Å². The predicted molar refractivity (Wildman–Crippen MR) is 129 cm³/mol. The van der Waals surface area contributed by atoms with Crippen molar-refractivity contribution in [3.63, 3.8) is 0 Å². The molecule has 0 bridgehead atoms. The van der Waals surface area contributed by atoms with E-state index in [4.69, 9.17) is 10.2 Å². The van der Waals surface area contributed by atoms with E-state index in [0.717, 1.165) is 20.3 Å². The summed E-state index contributed by atoms with van der Waals surface area (Å²) in [6.45, 7) is 3.98. The normalized spacial score (nSPS) is 12.1. The molecule has 0 aliphatic rings. The maximum absolute atomic E-state index is 13.3. The molecule has 1 aromatic carbocycles. The van der Waals surface area contributed by atoms with E-state index in [-0.39, 0.29) is 11.4 Å². The lowest BCUT2D eigenvalue weighted by molar-refractivity contribution is 0.0992. The minimum atomic E-state index is -0.724. The van der Waals surface area contributed by atoms with Crippen molar-refractivity contribution in [2.75, 3.05) is 5.73 Å². The summed E-state index contributed by atoms with van der Waals surface area (Å²) in [7, 11) is 2.73. The van der Waals surface area contributed by atoms with Crippen molar-refractivity contribution in [2.45, 2.75) is 30.8 Å². The Kier molecular flexibility index (Phi) is 6.29.